The molecule has 2 rings (SSSR count). The van der Waals surface area contributed by atoms with E-state index >= 15 is 0 Å². The predicted molar refractivity (Wildman–Crippen MR) is 133 cm³/mol. The van der Waals surface area contributed by atoms with Crippen LogP contribution in [0.5, 0.6) is 11.5 Å². The number of hydrogen-bond acceptors (Lipinski definition) is 5. The lowest BCUT2D eigenvalue weighted by Crippen LogP contribution is -2.44. The van der Waals surface area contributed by atoms with E-state index in [4.69, 9.17) is 9.47 Å². The first-order valence-corrected chi connectivity index (χ1v) is 10.4. The molecule has 0 aliphatic carbocycles. The van der Waals surface area contributed by atoms with Crippen LogP contribution in [0.1, 0.15) is 33.1 Å². The Morgan fingerprint density at radius 3 is 2.47 bits per heavy atom. The minimum Gasteiger partial charge on any atom is -0.497 e. The molecular weight excluding hydrogens is 497 g/mol. The summed E-state index contributed by atoms with van der Waals surface area (Å²) in [6.45, 7) is 7.83. The number of rotatable bonds is 10. The maximum absolute atomic E-state index is 11.7. The average Bonchev–Trinajstić information content (AvgIpc) is 3.20. The second-order valence-electron chi connectivity index (χ2n) is 7.01. The zero-order valence-corrected chi connectivity index (χ0v) is 20.8. The van der Waals surface area contributed by atoms with Gasteiger partial charge in [-0.15, -0.1) is 24.0 Å². The molecule has 3 N–H and O–H groups in total. The van der Waals surface area contributed by atoms with E-state index < -0.39 is 0 Å². The van der Waals surface area contributed by atoms with Gasteiger partial charge in [-0.2, -0.15) is 0 Å². The number of ether oxygens (including phenoxy) is 2. The third kappa shape index (κ3) is 8.45. The monoisotopic (exact) mass is 533 g/mol. The Kier molecular flexibility index (Phi) is 12.3. The number of carbonyl (C=O) groups excluding carboxylic acids is 1. The molecule has 1 aliphatic heterocycles. The van der Waals surface area contributed by atoms with E-state index in [0.29, 0.717) is 19.5 Å². The Bertz CT molecular complexity index is 664. The lowest BCUT2D eigenvalue weighted by atomic mass is 10.2. The number of carbonyl (C=O) groups is 1. The second-order valence-corrected chi connectivity index (χ2v) is 7.01. The van der Waals surface area contributed by atoms with Gasteiger partial charge >= 0.3 is 0 Å². The Morgan fingerprint density at radius 1 is 1.17 bits per heavy atom. The van der Waals surface area contributed by atoms with Gasteiger partial charge in [-0.05, 0) is 19.8 Å². The highest BCUT2D eigenvalue weighted by molar-refractivity contribution is 14.0. The fourth-order valence-corrected chi connectivity index (χ4v) is 3.22. The van der Waals surface area contributed by atoms with Crippen molar-refractivity contribution in [3.63, 3.8) is 0 Å². The summed E-state index contributed by atoms with van der Waals surface area (Å²) in [6, 6.07) is 6.21. The van der Waals surface area contributed by atoms with Crippen LogP contribution in [0.2, 0.25) is 0 Å². The van der Waals surface area contributed by atoms with Gasteiger partial charge in [0.2, 0.25) is 5.91 Å². The molecule has 0 radical (unpaired) electrons. The molecule has 0 aromatic heterocycles. The normalized spacial score (nSPS) is 15.9. The van der Waals surface area contributed by atoms with E-state index in [1.807, 2.05) is 32.0 Å². The lowest BCUT2D eigenvalue weighted by Gasteiger charge is -2.21. The topological polar surface area (TPSA) is 87.2 Å². The maximum atomic E-state index is 11.7. The summed E-state index contributed by atoms with van der Waals surface area (Å²) in [5, 5.41) is 9.64. The summed E-state index contributed by atoms with van der Waals surface area (Å²) < 4.78 is 10.8. The summed E-state index contributed by atoms with van der Waals surface area (Å²) >= 11 is 0. The molecule has 0 saturated carbocycles. The van der Waals surface area contributed by atoms with Gasteiger partial charge in [-0.1, -0.05) is 6.92 Å². The number of methoxy groups -OCH3 is 2. The maximum Gasteiger partial charge on any atom is 0.221 e. The van der Waals surface area contributed by atoms with Gasteiger partial charge in [0.1, 0.15) is 11.5 Å². The van der Waals surface area contributed by atoms with Crippen LogP contribution in [0.3, 0.4) is 0 Å². The summed E-state index contributed by atoms with van der Waals surface area (Å²) in [6.07, 6.45) is 2.34. The van der Waals surface area contributed by atoms with Crippen LogP contribution in [0.25, 0.3) is 0 Å². The Labute approximate surface area is 197 Å². The molecule has 1 amide bonds. The molecule has 0 spiro atoms. The van der Waals surface area contributed by atoms with Gasteiger partial charge in [0.05, 0.1) is 20.8 Å². The number of aliphatic imine (C=N–C) groups is 1. The van der Waals surface area contributed by atoms with Gasteiger partial charge < -0.3 is 30.3 Å². The second kappa shape index (κ2) is 14.2. The van der Waals surface area contributed by atoms with Gasteiger partial charge in [-0.3, -0.25) is 9.79 Å². The van der Waals surface area contributed by atoms with Crippen molar-refractivity contribution in [1.82, 2.24) is 16.0 Å². The molecule has 1 saturated heterocycles. The minimum atomic E-state index is 0. The Balaban J connectivity index is 0.00000450. The zero-order valence-electron chi connectivity index (χ0n) is 18.5. The van der Waals surface area contributed by atoms with Crippen LogP contribution in [-0.2, 0) is 4.79 Å². The van der Waals surface area contributed by atoms with Gasteiger partial charge in [0.25, 0.3) is 0 Å². The van der Waals surface area contributed by atoms with Crippen LogP contribution >= 0.6 is 24.0 Å². The minimum absolute atomic E-state index is 0. The Morgan fingerprint density at radius 2 is 1.87 bits per heavy atom. The van der Waals surface area contributed by atoms with Crippen molar-refractivity contribution in [2.45, 2.75) is 39.2 Å². The molecular formula is C21H36IN5O3. The molecule has 1 aromatic rings. The van der Waals surface area contributed by atoms with Gasteiger partial charge in [0.15, 0.2) is 5.96 Å². The summed E-state index contributed by atoms with van der Waals surface area (Å²) in [5.74, 6) is 2.37. The number of halogens is 1. The number of hydrogen-bond donors (Lipinski definition) is 3. The van der Waals surface area contributed by atoms with E-state index in [2.05, 4.69) is 25.8 Å². The van der Waals surface area contributed by atoms with E-state index in [1.165, 1.54) is 0 Å². The summed E-state index contributed by atoms with van der Waals surface area (Å²) in [7, 11) is 3.32. The number of anilines is 1. The largest absolute Gasteiger partial charge is 0.497 e. The number of nitrogens with zero attached hydrogens (tertiary/aromatic N) is 2. The van der Waals surface area contributed by atoms with Crippen molar-refractivity contribution >= 4 is 41.5 Å². The predicted octanol–water partition coefficient (Wildman–Crippen LogP) is 2.37. The van der Waals surface area contributed by atoms with Crippen molar-refractivity contribution in [2.24, 2.45) is 4.99 Å². The number of benzene rings is 1. The molecule has 1 unspecified atom stereocenters. The highest BCUT2D eigenvalue weighted by Gasteiger charge is 2.24. The number of guanidine groups is 1. The molecule has 8 nitrogen and oxygen atoms in total. The third-order valence-corrected chi connectivity index (χ3v) is 4.76. The molecule has 30 heavy (non-hydrogen) atoms. The van der Waals surface area contributed by atoms with Crippen molar-refractivity contribution < 1.29 is 14.3 Å². The van der Waals surface area contributed by atoms with E-state index in [1.54, 1.807) is 14.2 Å². The quantitative estimate of drug-likeness (QED) is 0.243. The standard InChI is InChI=1S/C21H35N5O3.HI/c1-5-9-23-20(27)7-10-24-21(22-6-2)25-16-8-11-26(15-16)17-12-18(28-3)14-19(13-17)29-4;/h12-14,16H,5-11,15H2,1-4H3,(H,23,27)(H2,22,24,25);1H. The fraction of sp³-hybridized carbons (Fsp3) is 0.619. The molecule has 9 heteroatoms. The van der Waals surface area contributed by atoms with E-state index in [0.717, 1.165) is 55.6 Å². The smallest absolute Gasteiger partial charge is 0.221 e. The van der Waals surface area contributed by atoms with Crippen LogP contribution in [0.4, 0.5) is 5.69 Å². The zero-order chi connectivity index (χ0) is 21.1. The molecule has 1 aliphatic rings. The van der Waals surface area contributed by atoms with Crippen molar-refractivity contribution in [3.8, 4) is 11.5 Å². The first kappa shape index (κ1) is 26.1. The highest BCUT2D eigenvalue weighted by atomic mass is 127. The van der Waals surface area contributed by atoms with E-state index in [9.17, 15) is 4.79 Å². The summed E-state index contributed by atoms with van der Waals surface area (Å²) in [4.78, 5) is 18.6. The third-order valence-electron chi connectivity index (χ3n) is 4.76. The van der Waals surface area contributed by atoms with Gasteiger partial charge in [-0.25, -0.2) is 0 Å². The molecule has 1 atom stereocenters. The number of nitrogens with one attached hydrogen (secondary N) is 3. The van der Waals surface area contributed by atoms with Gasteiger partial charge in [0, 0.05) is 62.5 Å². The molecule has 1 fully saturated rings. The molecule has 1 heterocycles. The van der Waals surface area contributed by atoms with Crippen molar-refractivity contribution in [1.29, 1.82) is 0 Å². The molecule has 1 aromatic carbocycles. The fourth-order valence-electron chi connectivity index (χ4n) is 3.22. The first-order valence-electron chi connectivity index (χ1n) is 10.4. The van der Waals surface area contributed by atoms with Crippen LogP contribution < -0.4 is 30.3 Å². The molecule has 0 bridgehead atoms. The first-order chi connectivity index (χ1) is 14.1. The van der Waals surface area contributed by atoms with Crippen molar-refractivity contribution in [3.05, 3.63) is 18.2 Å². The van der Waals surface area contributed by atoms with Crippen LogP contribution in [0, 0.1) is 0 Å². The average molecular weight is 533 g/mol. The number of amides is 1. The highest BCUT2D eigenvalue weighted by Crippen LogP contribution is 2.30. The molecule has 170 valence electrons. The van der Waals surface area contributed by atoms with Crippen LogP contribution in [0.15, 0.2) is 23.2 Å². The van der Waals surface area contributed by atoms with Crippen LogP contribution in [-0.4, -0.2) is 64.9 Å². The van der Waals surface area contributed by atoms with Crippen molar-refractivity contribution in [2.75, 3.05) is 51.8 Å². The Hall–Kier alpha value is -1.91. The summed E-state index contributed by atoms with van der Waals surface area (Å²) in [5.41, 5.74) is 1.08. The SMILES string of the molecule is CCCNC(=O)CCN=C(NCC)NC1CCN(c2cc(OC)cc(OC)c2)C1.I. The van der Waals surface area contributed by atoms with E-state index in [-0.39, 0.29) is 35.9 Å². The lowest BCUT2D eigenvalue weighted by molar-refractivity contribution is -0.120.